The lowest BCUT2D eigenvalue weighted by Crippen LogP contribution is -2.59. The zero-order valence-electron chi connectivity index (χ0n) is 12.0. The standard InChI is InChI=1S/C14H30N2O/c1-5-12(3)16(6-2)14(11-15)9-7-8-13(10-14)17-4/h12-13H,5-11,15H2,1-4H3. The van der Waals surface area contributed by atoms with E-state index in [0.29, 0.717) is 12.1 Å². The highest BCUT2D eigenvalue weighted by atomic mass is 16.5. The van der Waals surface area contributed by atoms with Crippen LogP contribution in [0.3, 0.4) is 0 Å². The molecule has 1 aliphatic carbocycles. The fourth-order valence-corrected chi connectivity index (χ4v) is 3.39. The molecule has 3 unspecified atom stereocenters. The van der Waals surface area contributed by atoms with E-state index < -0.39 is 0 Å². The summed E-state index contributed by atoms with van der Waals surface area (Å²) < 4.78 is 5.57. The summed E-state index contributed by atoms with van der Waals surface area (Å²) in [4.78, 5) is 2.61. The van der Waals surface area contributed by atoms with Crippen LogP contribution in [0.1, 0.15) is 52.9 Å². The van der Waals surface area contributed by atoms with Gasteiger partial charge in [-0.3, -0.25) is 4.90 Å². The van der Waals surface area contributed by atoms with Crippen LogP contribution in [0.4, 0.5) is 0 Å². The fraction of sp³-hybridized carbons (Fsp3) is 1.00. The first-order valence-electron chi connectivity index (χ1n) is 7.13. The van der Waals surface area contributed by atoms with Gasteiger partial charge in [0, 0.05) is 25.2 Å². The molecule has 0 amide bonds. The van der Waals surface area contributed by atoms with Gasteiger partial charge in [0.1, 0.15) is 0 Å². The Morgan fingerprint density at radius 3 is 2.65 bits per heavy atom. The molecule has 102 valence electrons. The number of nitrogens with zero attached hydrogens (tertiary/aromatic N) is 1. The van der Waals surface area contributed by atoms with E-state index in [0.717, 1.165) is 19.5 Å². The zero-order chi connectivity index (χ0) is 12.9. The van der Waals surface area contributed by atoms with Gasteiger partial charge in [-0.15, -0.1) is 0 Å². The SMILES string of the molecule is CCC(C)N(CC)C1(CN)CCCC(OC)C1. The number of nitrogens with two attached hydrogens (primary N) is 1. The largest absolute Gasteiger partial charge is 0.381 e. The quantitative estimate of drug-likeness (QED) is 0.777. The second-order valence-electron chi connectivity index (χ2n) is 5.43. The first kappa shape index (κ1) is 14.9. The molecule has 3 atom stereocenters. The average Bonchev–Trinajstić information content (AvgIpc) is 2.39. The van der Waals surface area contributed by atoms with E-state index >= 15 is 0 Å². The van der Waals surface area contributed by atoms with E-state index in [1.54, 1.807) is 0 Å². The minimum Gasteiger partial charge on any atom is -0.381 e. The Morgan fingerprint density at radius 2 is 2.18 bits per heavy atom. The van der Waals surface area contributed by atoms with E-state index in [2.05, 4.69) is 25.7 Å². The van der Waals surface area contributed by atoms with Crippen molar-refractivity contribution in [3.8, 4) is 0 Å². The minimum absolute atomic E-state index is 0.170. The summed E-state index contributed by atoms with van der Waals surface area (Å²) in [7, 11) is 1.83. The van der Waals surface area contributed by atoms with Crippen LogP contribution < -0.4 is 5.73 Å². The van der Waals surface area contributed by atoms with Crippen LogP contribution in [-0.4, -0.2) is 42.8 Å². The van der Waals surface area contributed by atoms with Gasteiger partial charge in [0.15, 0.2) is 0 Å². The summed E-state index contributed by atoms with van der Waals surface area (Å²) in [6.45, 7) is 8.67. The summed E-state index contributed by atoms with van der Waals surface area (Å²) in [5.74, 6) is 0. The Kier molecular flexibility index (Phi) is 5.90. The molecule has 0 aliphatic heterocycles. The monoisotopic (exact) mass is 242 g/mol. The lowest BCUT2D eigenvalue weighted by atomic mass is 9.77. The Balaban J connectivity index is 2.84. The van der Waals surface area contributed by atoms with Crippen LogP contribution in [0.2, 0.25) is 0 Å². The van der Waals surface area contributed by atoms with Crippen LogP contribution in [0.25, 0.3) is 0 Å². The molecule has 0 saturated heterocycles. The van der Waals surface area contributed by atoms with Crippen molar-refractivity contribution in [1.29, 1.82) is 0 Å². The van der Waals surface area contributed by atoms with Crippen molar-refractivity contribution in [2.45, 2.75) is 70.6 Å². The molecule has 0 aromatic carbocycles. The Morgan fingerprint density at radius 1 is 1.47 bits per heavy atom. The number of likely N-dealkylation sites (N-methyl/N-ethyl adjacent to an activating group) is 1. The van der Waals surface area contributed by atoms with Crippen molar-refractivity contribution in [3.63, 3.8) is 0 Å². The second kappa shape index (κ2) is 6.72. The van der Waals surface area contributed by atoms with Crippen LogP contribution in [0.5, 0.6) is 0 Å². The van der Waals surface area contributed by atoms with E-state index in [9.17, 15) is 0 Å². The van der Waals surface area contributed by atoms with Crippen LogP contribution in [0.15, 0.2) is 0 Å². The molecular weight excluding hydrogens is 212 g/mol. The third kappa shape index (κ3) is 3.21. The predicted octanol–water partition coefficient (Wildman–Crippen LogP) is 2.39. The van der Waals surface area contributed by atoms with E-state index in [4.69, 9.17) is 10.5 Å². The highest BCUT2D eigenvalue weighted by Crippen LogP contribution is 2.35. The smallest absolute Gasteiger partial charge is 0.0589 e. The topological polar surface area (TPSA) is 38.5 Å². The van der Waals surface area contributed by atoms with Crippen molar-refractivity contribution in [2.75, 3.05) is 20.2 Å². The number of methoxy groups -OCH3 is 1. The van der Waals surface area contributed by atoms with E-state index in [1.807, 2.05) is 7.11 Å². The Labute approximate surface area is 107 Å². The molecule has 3 nitrogen and oxygen atoms in total. The molecule has 0 radical (unpaired) electrons. The summed E-state index contributed by atoms with van der Waals surface area (Å²) in [6.07, 6.45) is 6.33. The third-order valence-electron chi connectivity index (χ3n) is 4.56. The van der Waals surface area contributed by atoms with Gasteiger partial charge in [0.05, 0.1) is 6.10 Å². The van der Waals surface area contributed by atoms with Gasteiger partial charge in [-0.05, 0) is 45.6 Å². The van der Waals surface area contributed by atoms with Gasteiger partial charge in [0.25, 0.3) is 0 Å². The summed E-state index contributed by atoms with van der Waals surface area (Å²) in [6, 6.07) is 0.610. The van der Waals surface area contributed by atoms with Gasteiger partial charge in [0.2, 0.25) is 0 Å². The van der Waals surface area contributed by atoms with Crippen molar-refractivity contribution in [3.05, 3.63) is 0 Å². The molecule has 0 spiro atoms. The van der Waals surface area contributed by atoms with Gasteiger partial charge in [-0.2, -0.15) is 0 Å². The second-order valence-corrected chi connectivity index (χ2v) is 5.43. The molecule has 1 fully saturated rings. The maximum absolute atomic E-state index is 6.13. The van der Waals surface area contributed by atoms with Crippen LogP contribution >= 0.6 is 0 Å². The van der Waals surface area contributed by atoms with Crippen molar-refractivity contribution < 1.29 is 4.74 Å². The van der Waals surface area contributed by atoms with E-state index in [-0.39, 0.29) is 5.54 Å². The molecule has 1 saturated carbocycles. The van der Waals surface area contributed by atoms with Gasteiger partial charge < -0.3 is 10.5 Å². The average molecular weight is 242 g/mol. The molecule has 0 aromatic rings. The minimum atomic E-state index is 0.170. The Bertz CT molecular complexity index is 222. The first-order chi connectivity index (χ1) is 8.13. The predicted molar refractivity (Wildman–Crippen MR) is 73.2 cm³/mol. The Hall–Kier alpha value is -0.120. The maximum atomic E-state index is 6.13. The molecule has 0 bridgehead atoms. The molecule has 3 heteroatoms. The van der Waals surface area contributed by atoms with Gasteiger partial charge >= 0.3 is 0 Å². The fourth-order valence-electron chi connectivity index (χ4n) is 3.39. The summed E-state index contributed by atoms with van der Waals surface area (Å²) in [5.41, 5.74) is 6.30. The molecular formula is C14H30N2O. The molecule has 0 aromatic heterocycles. The number of hydrogen-bond acceptors (Lipinski definition) is 3. The van der Waals surface area contributed by atoms with Crippen LogP contribution in [0, 0.1) is 0 Å². The lowest BCUT2D eigenvalue weighted by molar-refractivity contribution is -0.0358. The molecule has 1 aliphatic rings. The molecule has 0 heterocycles. The van der Waals surface area contributed by atoms with Crippen molar-refractivity contribution in [2.24, 2.45) is 5.73 Å². The van der Waals surface area contributed by atoms with Crippen molar-refractivity contribution >= 4 is 0 Å². The third-order valence-corrected chi connectivity index (χ3v) is 4.56. The molecule has 17 heavy (non-hydrogen) atoms. The first-order valence-corrected chi connectivity index (χ1v) is 7.13. The van der Waals surface area contributed by atoms with Gasteiger partial charge in [-0.1, -0.05) is 13.8 Å². The van der Waals surface area contributed by atoms with Gasteiger partial charge in [-0.25, -0.2) is 0 Å². The lowest BCUT2D eigenvalue weighted by Gasteiger charge is -2.50. The number of rotatable bonds is 6. The zero-order valence-corrected chi connectivity index (χ0v) is 12.0. The molecule has 1 rings (SSSR count). The van der Waals surface area contributed by atoms with Crippen LogP contribution in [-0.2, 0) is 4.74 Å². The van der Waals surface area contributed by atoms with Crippen molar-refractivity contribution in [1.82, 2.24) is 4.90 Å². The summed E-state index contributed by atoms with van der Waals surface area (Å²) in [5, 5.41) is 0. The summed E-state index contributed by atoms with van der Waals surface area (Å²) >= 11 is 0. The number of hydrogen-bond donors (Lipinski definition) is 1. The highest BCUT2D eigenvalue weighted by Gasteiger charge is 2.41. The molecule has 2 N–H and O–H groups in total. The maximum Gasteiger partial charge on any atom is 0.0589 e. The normalized spacial score (nSPS) is 31.8. The highest BCUT2D eigenvalue weighted by molar-refractivity contribution is 4.98. The van der Waals surface area contributed by atoms with E-state index in [1.165, 1.54) is 25.7 Å². The number of ether oxygens (including phenoxy) is 1.